The minimum absolute atomic E-state index is 0.00931. The molecular weight excluding hydrogens is 1300 g/mol. The van der Waals surface area contributed by atoms with Gasteiger partial charge in [-0.25, -0.2) is 34.9 Å². The van der Waals surface area contributed by atoms with Gasteiger partial charge in [0.15, 0.2) is 5.78 Å². The van der Waals surface area contributed by atoms with Crippen molar-refractivity contribution in [2.45, 2.75) is 116 Å². The van der Waals surface area contributed by atoms with Crippen LogP contribution < -0.4 is 26.2 Å². The minimum Gasteiger partial charge on any atom is -0.481 e. The monoisotopic (exact) mass is 1360 g/mol. The Balaban J connectivity index is 1.04. The minimum atomic E-state index is -1.29. The van der Waals surface area contributed by atoms with E-state index in [0.29, 0.717) is 124 Å². The lowest BCUT2D eigenvalue weighted by Crippen LogP contribution is -2.40. The van der Waals surface area contributed by atoms with Gasteiger partial charge in [-0.15, -0.1) is 68.0 Å². The molecule has 4 atom stereocenters. The Bertz CT molecular complexity index is 4020. The van der Waals surface area contributed by atoms with Gasteiger partial charge in [-0.1, -0.05) is 50.6 Å². The Morgan fingerprint density at radius 3 is 2.13 bits per heavy atom. The highest BCUT2D eigenvalue weighted by Crippen LogP contribution is 2.42. The van der Waals surface area contributed by atoms with Crippen LogP contribution in [0.1, 0.15) is 164 Å². The van der Waals surface area contributed by atoms with Gasteiger partial charge in [-0.3, -0.25) is 43.3 Å². The first kappa shape index (κ1) is 66.9. The summed E-state index contributed by atoms with van der Waals surface area (Å²) in [5.41, 5.74) is 2.71. The van der Waals surface area contributed by atoms with Crippen molar-refractivity contribution in [1.29, 1.82) is 0 Å². The number of carbonyl (C=O) groups is 8. The molecule has 10 rings (SSSR count). The second-order valence-corrected chi connectivity index (χ2v) is 28.3. The van der Waals surface area contributed by atoms with Crippen LogP contribution in [0.3, 0.4) is 0 Å². The van der Waals surface area contributed by atoms with E-state index in [4.69, 9.17) is 39.6 Å². The number of carbonyl (C=O) groups excluding carboxylic acids is 6. The number of rotatable bonds is 17. The second kappa shape index (κ2) is 30.2. The molecule has 30 heteroatoms. The zero-order chi connectivity index (χ0) is 65.3. The van der Waals surface area contributed by atoms with Crippen molar-refractivity contribution in [3.63, 3.8) is 0 Å². The molecule has 1 aromatic carbocycles. The number of fused-ring (bicyclic) bond motifs is 14. The van der Waals surface area contributed by atoms with Crippen molar-refractivity contribution in [3.05, 3.63) is 111 Å². The number of ether oxygens (including phenoxy) is 1. The number of carboxylic acid groups (broad SMARTS) is 2. The summed E-state index contributed by atoms with van der Waals surface area (Å²) in [5.74, 6) is -5.85. The van der Waals surface area contributed by atoms with E-state index >= 15 is 0 Å². The number of aromatic nitrogens is 7. The molecule has 10 bridgehead atoms. The van der Waals surface area contributed by atoms with E-state index in [1.54, 1.807) is 75.8 Å². The average molecular weight is 1360 g/mol. The van der Waals surface area contributed by atoms with Crippen molar-refractivity contribution in [2.24, 2.45) is 17.8 Å². The molecule has 2 aliphatic rings. The van der Waals surface area contributed by atoms with E-state index in [2.05, 4.69) is 21.3 Å². The molecule has 1 aliphatic carbocycles. The van der Waals surface area contributed by atoms with E-state index in [1.165, 1.54) is 82.2 Å². The van der Waals surface area contributed by atoms with Gasteiger partial charge in [0, 0.05) is 77.3 Å². The maximum atomic E-state index is 14.4. The van der Waals surface area contributed by atoms with E-state index in [-0.39, 0.29) is 67.1 Å². The number of pyridine rings is 1. The van der Waals surface area contributed by atoms with Gasteiger partial charge in [0.1, 0.15) is 77.2 Å². The predicted octanol–water partition coefficient (Wildman–Crippen LogP) is 10.1. The van der Waals surface area contributed by atoms with Crippen LogP contribution in [0.4, 0.5) is 5.82 Å². The molecule has 0 spiro atoms. The Hall–Kier alpha value is -7.97. The maximum Gasteiger partial charge on any atom is 0.306 e. The van der Waals surface area contributed by atoms with Gasteiger partial charge in [0.05, 0.1) is 47.1 Å². The topological polar surface area (TPSA) is 348 Å². The van der Waals surface area contributed by atoms with Crippen molar-refractivity contribution < 1.29 is 58.4 Å². The first-order valence-electron chi connectivity index (χ1n) is 29.7. The molecule has 24 nitrogen and oxygen atoms in total. The average Bonchev–Trinajstić information content (AvgIpc) is 1.61. The van der Waals surface area contributed by atoms with Gasteiger partial charge < -0.3 is 41.3 Å². The number of amides is 5. The molecule has 7 aromatic heterocycles. The summed E-state index contributed by atoms with van der Waals surface area (Å²) in [5, 5.41) is 51.4. The number of aliphatic carboxylic acids is 2. The Morgan fingerprint density at radius 1 is 0.707 bits per heavy atom. The van der Waals surface area contributed by atoms with E-state index < -0.39 is 78.1 Å². The number of methoxy groups -OCH3 is 1. The number of nitrogens with one attached hydrogen (secondary N) is 4. The number of hydrogen-bond acceptors (Lipinski definition) is 23. The molecule has 92 heavy (non-hydrogen) atoms. The highest BCUT2D eigenvalue weighted by molar-refractivity contribution is 7.15. The SMILES string of the molecule is CNC(=O)C[C@@H]1NC(=O)c2csc(n2)-c2ccc(-c3nc(N(CCCCCC(=O)O)C(=O)C4CCC(C(=O)O)CC4)cs3)nc2-c2csc(n2)-c2csc(n2)[C@H]([C@@H](O)c2ccccc2)NC(=O)CNC(=O)c2nc(sc2COC)C(C(C)C)CC(=O)c2nc1sc2C. The van der Waals surface area contributed by atoms with E-state index in [1.807, 2.05) is 13.8 Å². The van der Waals surface area contributed by atoms with Gasteiger partial charge in [-0.05, 0) is 69.1 Å². The van der Waals surface area contributed by atoms with Crippen LogP contribution in [0.5, 0.6) is 0 Å². The lowest BCUT2D eigenvalue weighted by molar-refractivity contribution is -0.144. The second-order valence-electron chi connectivity index (χ2n) is 22.5. The van der Waals surface area contributed by atoms with Gasteiger partial charge >= 0.3 is 11.9 Å². The normalized spacial score (nSPS) is 18.5. The van der Waals surface area contributed by atoms with Crippen LogP contribution in [-0.2, 0) is 35.3 Å². The fourth-order valence-corrected chi connectivity index (χ4v) is 16.4. The third-order valence-electron chi connectivity index (χ3n) is 15.8. The maximum absolute atomic E-state index is 14.4. The van der Waals surface area contributed by atoms with Gasteiger partial charge in [-0.2, -0.15) is 0 Å². The first-order valence-corrected chi connectivity index (χ1v) is 34.8. The fraction of sp³-hybridized carbons (Fsp3) is 0.403. The number of aryl methyl sites for hydroxylation is 1. The largest absolute Gasteiger partial charge is 0.481 e. The molecule has 1 fully saturated rings. The summed E-state index contributed by atoms with van der Waals surface area (Å²) in [4.78, 5) is 145. The molecule has 7 N–H and O–H groups in total. The number of benzene rings is 1. The Labute approximate surface area is 552 Å². The molecule has 8 heterocycles. The third kappa shape index (κ3) is 15.7. The van der Waals surface area contributed by atoms with E-state index in [0.717, 1.165) is 0 Å². The molecular formula is C62H66N12O12S6. The van der Waals surface area contributed by atoms with Crippen molar-refractivity contribution >= 4 is 121 Å². The Morgan fingerprint density at radius 2 is 1.40 bits per heavy atom. The smallest absolute Gasteiger partial charge is 0.306 e. The standard InChI is InChI=1S/C62H66N12O12S6/c1-30(2)36-22-42(75)48-31(3)91-59(72-48)38(23-45(76)63-4)66-53(81)40-27-87-55(68-40)35-19-20-37(57-70-44(29-90-57)74(21-11-7-10-14-47(78)79)61(83)33-15-17-34(18-16-33)62(84)85)65-49(35)39-26-88-58(67-39)41-28-89-60(69-41)51(52(80)32-12-8-6-9-13-32)71-46(77)24-64-54(82)50-43(25-86-5)92-56(36)73-50/h6,8-9,12-13,19-20,26-30,33-34,36,38,51-52,80H,7,10-11,14-18,21-25H2,1-5H3,(H,63,76)(H,64,82)(H,66,81)(H,71,77)(H,78,79)(H,84,85)/t33?,34?,36?,38-,51-,52-/m0/s1. The molecule has 8 aromatic rings. The summed E-state index contributed by atoms with van der Waals surface area (Å²) >= 11 is 7.25. The number of hydrogen-bond donors (Lipinski definition) is 7. The molecule has 0 saturated heterocycles. The lowest BCUT2D eigenvalue weighted by Gasteiger charge is -2.30. The molecule has 482 valence electrons. The van der Waals surface area contributed by atoms with E-state index in [9.17, 15) is 53.7 Å². The van der Waals surface area contributed by atoms with Gasteiger partial charge in [0.2, 0.25) is 17.7 Å². The summed E-state index contributed by atoms with van der Waals surface area (Å²) < 4.78 is 5.48. The summed E-state index contributed by atoms with van der Waals surface area (Å²) in [7, 11) is 2.95. The number of aliphatic hydroxyl groups excluding tert-OH is 1. The third-order valence-corrected chi connectivity index (χ3v) is 21.6. The molecule has 1 saturated carbocycles. The fourth-order valence-electron chi connectivity index (χ4n) is 10.8. The highest BCUT2D eigenvalue weighted by Gasteiger charge is 2.36. The van der Waals surface area contributed by atoms with Crippen LogP contribution in [0, 0.1) is 24.7 Å². The van der Waals surface area contributed by atoms with Crippen LogP contribution in [0.2, 0.25) is 0 Å². The van der Waals surface area contributed by atoms with Gasteiger partial charge in [0.25, 0.3) is 11.8 Å². The zero-order valence-corrected chi connectivity index (χ0v) is 55.5. The number of carboxylic acids is 2. The number of Topliss-reactive ketones (excluding diaryl/α,β-unsaturated/α-hetero) is 1. The molecule has 5 amide bonds. The van der Waals surface area contributed by atoms with Crippen LogP contribution >= 0.6 is 68.0 Å². The van der Waals surface area contributed by atoms with Crippen molar-refractivity contribution in [1.82, 2.24) is 56.2 Å². The quantitative estimate of drug-likeness (QED) is 0.0417. The summed E-state index contributed by atoms with van der Waals surface area (Å²) in [6.07, 6.45) is 1.44. The number of nitrogens with zero attached hydrogens (tertiary/aromatic N) is 8. The number of ketones is 1. The molecule has 1 aliphatic heterocycles. The summed E-state index contributed by atoms with van der Waals surface area (Å²) in [6.45, 7) is 5.38. The molecule has 0 radical (unpaired) electrons. The number of thiazole rings is 6. The van der Waals surface area contributed by atoms with Crippen LogP contribution in [-0.4, -0.2) is 125 Å². The number of aliphatic hydroxyl groups is 1. The van der Waals surface area contributed by atoms with Crippen LogP contribution in [0.25, 0.3) is 43.4 Å². The summed E-state index contributed by atoms with van der Waals surface area (Å²) in [6, 6.07) is 10.2. The lowest BCUT2D eigenvalue weighted by atomic mass is 9.81. The first-order chi connectivity index (χ1) is 44.3. The predicted molar refractivity (Wildman–Crippen MR) is 350 cm³/mol. The Kier molecular flexibility index (Phi) is 22.0. The molecule has 1 unspecified atom stereocenters. The van der Waals surface area contributed by atoms with Crippen molar-refractivity contribution in [2.75, 3.05) is 32.1 Å². The highest BCUT2D eigenvalue weighted by atomic mass is 32.1. The zero-order valence-electron chi connectivity index (χ0n) is 50.6. The number of unbranched alkanes of at least 4 members (excludes halogenated alkanes) is 2. The number of anilines is 1. The van der Waals surface area contributed by atoms with Crippen molar-refractivity contribution in [3.8, 4) is 43.4 Å². The van der Waals surface area contributed by atoms with Crippen LogP contribution in [0.15, 0.2) is 64.0 Å².